The lowest BCUT2D eigenvalue weighted by atomic mass is 9.77. The monoisotopic (exact) mass is 309 g/mol. The summed E-state index contributed by atoms with van der Waals surface area (Å²) in [5.41, 5.74) is 0.0845. The lowest BCUT2D eigenvalue weighted by molar-refractivity contribution is -0.150. The molecule has 2 aliphatic heterocycles. The van der Waals surface area contributed by atoms with Crippen molar-refractivity contribution in [3.05, 3.63) is 21.9 Å². The zero-order valence-electron chi connectivity index (χ0n) is 13.2. The minimum Gasteiger partial charge on any atom is -0.381 e. The second-order valence-electron chi connectivity index (χ2n) is 6.38. The summed E-state index contributed by atoms with van der Waals surface area (Å²) in [6.07, 6.45) is 4.46. The van der Waals surface area contributed by atoms with Crippen LogP contribution in [0.5, 0.6) is 0 Å². The maximum Gasteiger partial charge on any atom is 0.0729 e. The third kappa shape index (κ3) is 3.50. The number of aryl methyl sites for hydroxylation is 1. The van der Waals surface area contributed by atoms with Crippen LogP contribution in [0.2, 0.25) is 0 Å². The molecule has 3 heterocycles. The molecule has 0 aromatic carbocycles. The highest BCUT2D eigenvalue weighted by Gasteiger charge is 2.41. The number of rotatable bonds is 4. The van der Waals surface area contributed by atoms with Crippen molar-refractivity contribution in [1.29, 1.82) is 0 Å². The molecule has 2 unspecified atom stereocenters. The van der Waals surface area contributed by atoms with Gasteiger partial charge in [-0.3, -0.25) is 0 Å². The van der Waals surface area contributed by atoms with Crippen LogP contribution >= 0.6 is 11.3 Å². The molecule has 21 heavy (non-hydrogen) atoms. The van der Waals surface area contributed by atoms with Crippen LogP contribution in [0.15, 0.2) is 12.1 Å². The molecule has 0 amide bonds. The fourth-order valence-corrected chi connectivity index (χ4v) is 4.83. The Morgan fingerprint density at radius 2 is 2.14 bits per heavy atom. The molecular formula is C17H27NO2S. The molecule has 3 rings (SSSR count). The first-order chi connectivity index (χ1) is 10.2. The largest absolute Gasteiger partial charge is 0.381 e. The Morgan fingerprint density at radius 1 is 1.33 bits per heavy atom. The van der Waals surface area contributed by atoms with Crippen molar-refractivity contribution in [2.24, 2.45) is 5.92 Å². The van der Waals surface area contributed by atoms with Crippen LogP contribution in [0.1, 0.15) is 48.4 Å². The predicted molar refractivity (Wildman–Crippen MR) is 86.9 cm³/mol. The molecule has 1 aromatic rings. The van der Waals surface area contributed by atoms with Crippen molar-refractivity contribution in [2.45, 2.75) is 51.2 Å². The maximum absolute atomic E-state index is 6.20. The zero-order chi connectivity index (χ0) is 14.7. The standard InChI is InChI=1S/C17H27NO2S/c1-3-18-16(15-5-4-13(2)21-15)14-6-9-20-17(12-14)7-10-19-11-8-17/h4-5,14,16,18H,3,6-12H2,1-2H3. The van der Waals surface area contributed by atoms with E-state index in [9.17, 15) is 0 Å². The van der Waals surface area contributed by atoms with Crippen LogP contribution < -0.4 is 5.32 Å². The van der Waals surface area contributed by atoms with E-state index < -0.39 is 0 Å². The first kappa shape index (κ1) is 15.5. The average Bonchev–Trinajstić information content (AvgIpc) is 2.92. The van der Waals surface area contributed by atoms with Gasteiger partial charge in [-0.05, 0) is 57.2 Å². The van der Waals surface area contributed by atoms with Crippen LogP contribution in [0.4, 0.5) is 0 Å². The van der Waals surface area contributed by atoms with Gasteiger partial charge in [-0.2, -0.15) is 0 Å². The van der Waals surface area contributed by atoms with E-state index in [0.717, 1.165) is 45.6 Å². The first-order valence-corrected chi connectivity index (χ1v) is 9.05. The molecule has 1 aromatic heterocycles. The second kappa shape index (κ2) is 6.78. The van der Waals surface area contributed by atoms with Gasteiger partial charge in [-0.15, -0.1) is 11.3 Å². The van der Waals surface area contributed by atoms with E-state index in [2.05, 4.69) is 31.3 Å². The minimum atomic E-state index is 0.0845. The van der Waals surface area contributed by atoms with Crippen LogP contribution in [0.3, 0.4) is 0 Å². The van der Waals surface area contributed by atoms with Crippen LogP contribution in [0, 0.1) is 12.8 Å². The molecule has 118 valence electrons. The molecule has 1 spiro atoms. The highest BCUT2D eigenvalue weighted by molar-refractivity contribution is 7.12. The Balaban J connectivity index is 1.75. The summed E-state index contributed by atoms with van der Waals surface area (Å²) in [6.45, 7) is 8.04. The van der Waals surface area contributed by atoms with Crippen molar-refractivity contribution >= 4 is 11.3 Å². The average molecular weight is 309 g/mol. The molecule has 0 radical (unpaired) electrons. The number of hydrogen-bond donors (Lipinski definition) is 1. The number of hydrogen-bond acceptors (Lipinski definition) is 4. The van der Waals surface area contributed by atoms with Gasteiger partial charge in [0.25, 0.3) is 0 Å². The first-order valence-electron chi connectivity index (χ1n) is 8.24. The van der Waals surface area contributed by atoms with Gasteiger partial charge in [0.05, 0.1) is 5.60 Å². The lowest BCUT2D eigenvalue weighted by Crippen LogP contribution is -2.46. The molecule has 2 atom stereocenters. The fourth-order valence-electron chi connectivity index (χ4n) is 3.78. The van der Waals surface area contributed by atoms with Gasteiger partial charge in [-0.1, -0.05) is 6.92 Å². The molecule has 2 fully saturated rings. The Hall–Kier alpha value is -0.420. The van der Waals surface area contributed by atoms with E-state index >= 15 is 0 Å². The molecule has 3 nitrogen and oxygen atoms in total. The van der Waals surface area contributed by atoms with E-state index in [4.69, 9.17) is 9.47 Å². The number of thiophene rings is 1. The van der Waals surface area contributed by atoms with E-state index in [1.807, 2.05) is 11.3 Å². The molecular weight excluding hydrogens is 282 g/mol. The maximum atomic E-state index is 6.20. The van der Waals surface area contributed by atoms with Gasteiger partial charge < -0.3 is 14.8 Å². The third-order valence-electron chi connectivity index (χ3n) is 4.90. The number of ether oxygens (including phenoxy) is 2. The van der Waals surface area contributed by atoms with Gasteiger partial charge in [0.15, 0.2) is 0 Å². The van der Waals surface area contributed by atoms with E-state index in [1.165, 1.54) is 16.2 Å². The van der Waals surface area contributed by atoms with Gasteiger partial charge >= 0.3 is 0 Å². The summed E-state index contributed by atoms with van der Waals surface area (Å²) in [6, 6.07) is 5.03. The second-order valence-corrected chi connectivity index (χ2v) is 7.70. The molecule has 4 heteroatoms. The number of nitrogens with one attached hydrogen (secondary N) is 1. The Morgan fingerprint density at radius 3 is 2.81 bits per heavy atom. The Bertz CT molecular complexity index is 448. The zero-order valence-corrected chi connectivity index (χ0v) is 14.0. The van der Waals surface area contributed by atoms with Gasteiger partial charge in [0, 0.05) is 35.6 Å². The SMILES string of the molecule is CCNC(c1ccc(C)s1)C1CCOC2(CCOCC2)C1. The molecule has 2 saturated heterocycles. The fraction of sp³-hybridized carbons (Fsp3) is 0.765. The minimum absolute atomic E-state index is 0.0845. The van der Waals surface area contributed by atoms with Crippen molar-refractivity contribution in [3.8, 4) is 0 Å². The van der Waals surface area contributed by atoms with Crippen molar-refractivity contribution in [1.82, 2.24) is 5.32 Å². The topological polar surface area (TPSA) is 30.5 Å². The molecule has 1 N–H and O–H groups in total. The van der Waals surface area contributed by atoms with Crippen molar-refractivity contribution in [2.75, 3.05) is 26.4 Å². The lowest BCUT2D eigenvalue weighted by Gasteiger charge is -2.45. The normalized spacial score (nSPS) is 26.9. The van der Waals surface area contributed by atoms with Gasteiger partial charge in [0.2, 0.25) is 0 Å². The quantitative estimate of drug-likeness (QED) is 0.920. The molecule has 0 aliphatic carbocycles. The third-order valence-corrected chi connectivity index (χ3v) is 5.98. The Kier molecular flexibility index (Phi) is 4.99. The molecule has 2 aliphatic rings. The van der Waals surface area contributed by atoms with Crippen molar-refractivity contribution < 1.29 is 9.47 Å². The van der Waals surface area contributed by atoms with E-state index in [-0.39, 0.29) is 5.60 Å². The highest BCUT2D eigenvalue weighted by atomic mass is 32.1. The summed E-state index contributed by atoms with van der Waals surface area (Å²) in [7, 11) is 0. The van der Waals surface area contributed by atoms with E-state index in [0.29, 0.717) is 12.0 Å². The molecule has 0 bridgehead atoms. The predicted octanol–water partition coefficient (Wildman–Crippen LogP) is 3.68. The Labute approximate surface area is 132 Å². The summed E-state index contributed by atoms with van der Waals surface area (Å²) < 4.78 is 11.7. The van der Waals surface area contributed by atoms with Crippen LogP contribution in [0.25, 0.3) is 0 Å². The summed E-state index contributed by atoms with van der Waals surface area (Å²) in [5.74, 6) is 0.676. The van der Waals surface area contributed by atoms with E-state index in [1.54, 1.807) is 0 Å². The van der Waals surface area contributed by atoms with Crippen molar-refractivity contribution in [3.63, 3.8) is 0 Å². The smallest absolute Gasteiger partial charge is 0.0729 e. The van der Waals surface area contributed by atoms with Gasteiger partial charge in [0.1, 0.15) is 0 Å². The molecule has 0 saturated carbocycles. The summed E-state index contributed by atoms with van der Waals surface area (Å²) in [5, 5.41) is 3.73. The summed E-state index contributed by atoms with van der Waals surface area (Å²) >= 11 is 1.94. The van der Waals surface area contributed by atoms with Gasteiger partial charge in [-0.25, -0.2) is 0 Å². The van der Waals surface area contributed by atoms with Crippen LogP contribution in [-0.4, -0.2) is 32.0 Å². The highest BCUT2D eigenvalue weighted by Crippen LogP contribution is 2.42. The van der Waals surface area contributed by atoms with Crippen LogP contribution in [-0.2, 0) is 9.47 Å². The summed E-state index contributed by atoms with van der Waals surface area (Å²) in [4.78, 5) is 2.89.